The molecule has 1 N–H and O–H groups in total. The van der Waals surface area contributed by atoms with Gasteiger partial charge in [-0.25, -0.2) is 0 Å². The molecule has 0 atom stereocenters. The van der Waals surface area contributed by atoms with Crippen molar-refractivity contribution in [2.24, 2.45) is 0 Å². The van der Waals surface area contributed by atoms with Gasteiger partial charge in [-0.15, -0.1) is 0 Å². The highest BCUT2D eigenvalue weighted by Crippen LogP contribution is 2.26. The Kier molecular flexibility index (Phi) is 7.24. The second-order valence-corrected chi connectivity index (χ2v) is 6.24. The number of amides is 1. The van der Waals surface area contributed by atoms with E-state index in [1.54, 1.807) is 6.07 Å². The Morgan fingerprint density at radius 2 is 1.81 bits per heavy atom. The van der Waals surface area contributed by atoms with Gasteiger partial charge in [0.1, 0.15) is 0 Å². The highest BCUT2D eigenvalue weighted by atomic mass is 32.2. The number of para-hydroxylation sites is 1. The maximum Gasteiger partial charge on any atom is 0.311 e. The molecule has 0 saturated carbocycles. The topological polar surface area (TPSA) is 98.5 Å². The lowest BCUT2D eigenvalue weighted by Crippen LogP contribution is -2.21. The van der Waals surface area contributed by atoms with E-state index >= 15 is 0 Å². The summed E-state index contributed by atoms with van der Waals surface area (Å²) in [5.74, 6) is -3.95. The maximum absolute atomic E-state index is 12.2. The second kappa shape index (κ2) is 9.62. The molecule has 0 aliphatic rings. The molecule has 142 valence electrons. The van der Waals surface area contributed by atoms with E-state index in [2.05, 4.69) is 5.32 Å². The van der Waals surface area contributed by atoms with Gasteiger partial charge in [0.05, 0.1) is 11.3 Å². The summed E-state index contributed by atoms with van der Waals surface area (Å²) in [5, 5.41) is 13.4. The molecule has 2 aromatic rings. The van der Waals surface area contributed by atoms with Crippen molar-refractivity contribution in [1.29, 1.82) is 0 Å². The van der Waals surface area contributed by atoms with Crippen LogP contribution in [-0.2, 0) is 20.7 Å². The smallest absolute Gasteiger partial charge is 0.311 e. The molecule has 7 nitrogen and oxygen atoms in total. The number of hydrogen-bond acceptors (Lipinski definition) is 6. The molecule has 0 heterocycles. The van der Waals surface area contributed by atoms with E-state index < -0.39 is 29.2 Å². The summed E-state index contributed by atoms with van der Waals surface area (Å²) < 4.78 is 29.3. The first kappa shape index (κ1) is 20.3. The Balaban J connectivity index is 1.83. The molecular formula is C17H14F2N2O5S. The van der Waals surface area contributed by atoms with Crippen molar-refractivity contribution in [2.45, 2.75) is 17.1 Å². The van der Waals surface area contributed by atoms with Crippen molar-refractivity contribution < 1.29 is 28.0 Å². The lowest BCUT2D eigenvalue weighted by molar-refractivity contribution is -0.385. The van der Waals surface area contributed by atoms with Crippen molar-refractivity contribution in [3.05, 3.63) is 64.2 Å². The number of hydrogen-bond donors (Lipinski definition) is 1. The van der Waals surface area contributed by atoms with Crippen LogP contribution in [0.25, 0.3) is 0 Å². The SMILES string of the molecule is O=C(COC(=O)Cc1ccccc1[N+](=O)[O-])Nc1ccc(SC(F)F)cc1. The average molecular weight is 396 g/mol. The number of benzene rings is 2. The number of nitro groups is 1. The first-order valence-corrected chi connectivity index (χ1v) is 8.46. The zero-order chi connectivity index (χ0) is 19.8. The lowest BCUT2D eigenvalue weighted by Gasteiger charge is -2.08. The van der Waals surface area contributed by atoms with E-state index in [0.29, 0.717) is 22.3 Å². The van der Waals surface area contributed by atoms with Gasteiger partial charge in [0.15, 0.2) is 6.61 Å². The van der Waals surface area contributed by atoms with E-state index in [0.717, 1.165) is 0 Å². The molecule has 0 aliphatic carbocycles. The molecule has 0 spiro atoms. The number of esters is 1. The third-order valence-corrected chi connectivity index (χ3v) is 3.97. The van der Waals surface area contributed by atoms with Gasteiger partial charge in [-0.1, -0.05) is 30.0 Å². The molecule has 0 fully saturated rings. The predicted octanol–water partition coefficient (Wildman–Crippen LogP) is 3.63. The highest BCUT2D eigenvalue weighted by molar-refractivity contribution is 7.99. The van der Waals surface area contributed by atoms with E-state index in [4.69, 9.17) is 4.74 Å². The fourth-order valence-electron chi connectivity index (χ4n) is 2.11. The summed E-state index contributed by atoms with van der Waals surface area (Å²) in [6.45, 7) is -0.576. The molecule has 0 unspecified atom stereocenters. The first-order chi connectivity index (χ1) is 12.8. The average Bonchev–Trinajstić information content (AvgIpc) is 2.61. The standard InChI is InChI=1S/C17H14F2N2O5S/c18-17(19)27-13-7-5-12(6-8-13)20-15(22)10-26-16(23)9-11-3-1-2-4-14(11)21(24)25/h1-8,17H,9-10H2,(H,20,22). The van der Waals surface area contributed by atoms with Crippen LogP contribution in [0.3, 0.4) is 0 Å². The third kappa shape index (κ3) is 6.66. The Hall–Kier alpha value is -3.01. The fraction of sp³-hybridized carbons (Fsp3) is 0.176. The van der Waals surface area contributed by atoms with Crippen molar-refractivity contribution >= 4 is 35.0 Å². The van der Waals surface area contributed by atoms with Gasteiger partial charge in [0.2, 0.25) is 0 Å². The van der Waals surface area contributed by atoms with E-state index in [-0.39, 0.29) is 17.7 Å². The number of alkyl halides is 2. The minimum atomic E-state index is -2.54. The number of carbonyl (C=O) groups is 2. The van der Waals surface area contributed by atoms with Crippen LogP contribution in [0, 0.1) is 10.1 Å². The van der Waals surface area contributed by atoms with Gasteiger partial charge in [-0.3, -0.25) is 19.7 Å². The number of nitrogens with one attached hydrogen (secondary N) is 1. The van der Waals surface area contributed by atoms with Crippen molar-refractivity contribution in [1.82, 2.24) is 0 Å². The number of nitrogens with zero attached hydrogens (tertiary/aromatic N) is 1. The van der Waals surface area contributed by atoms with Crippen LogP contribution < -0.4 is 5.32 Å². The summed E-state index contributed by atoms with van der Waals surface area (Å²) in [5.41, 5.74) is 0.328. The molecule has 2 aromatic carbocycles. The number of halogens is 2. The Morgan fingerprint density at radius 1 is 1.15 bits per heavy atom. The molecule has 27 heavy (non-hydrogen) atoms. The minimum absolute atomic E-state index is 0.181. The minimum Gasteiger partial charge on any atom is -0.455 e. The van der Waals surface area contributed by atoms with Gasteiger partial charge in [0.25, 0.3) is 17.4 Å². The van der Waals surface area contributed by atoms with Crippen LogP contribution in [-0.4, -0.2) is 29.2 Å². The van der Waals surface area contributed by atoms with Crippen LogP contribution in [0.15, 0.2) is 53.4 Å². The number of anilines is 1. The van der Waals surface area contributed by atoms with Gasteiger partial charge < -0.3 is 10.1 Å². The van der Waals surface area contributed by atoms with E-state index in [1.165, 1.54) is 42.5 Å². The number of rotatable bonds is 8. The molecule has 0 radical (unpaired) electrons. The summed E-state index contributed by atoms with van der Waals surface area (Å²) in [4.78, 5) is 34.2. The summed E-state index contributed by atoms with van der Waals surface area (Å²) in [7, 11) is 0. The zero-order valence-corrected chi connectivity index (χ0v) is 14.6. The summed E-state index contributed by atoms with van der Waals surface area (Å²) in [6.07, 6.45) is -0.343. The van der Waals surface area contributed by atoms with E-state index in [9.17, 15) is 28.5 Å². The van der Waals surface area contributed by atoms with Gasteiger partial charge in [-0.05, 0) is 24.3 Å². The van der Waals surface area contributed by atoms with Crippen LogP contribution in [0.5, 0.6) is 0 Å². The number of carbonyl (C=O) groups excluding carboxylic acids is 2. The monoisotopic (exact) mass is 396 g/mol. The van der Waals surface area contributed by atoms with Crippen molar-refractivity contribution in [3.63, 3.8) is 0 Å². The van der Waals surface area contributed by atoms with Crippen LogP contribution in [0.2, 0.25) is 0 Å². The lowest BCUT2D eigenvalue weighted by atomic mass is 10.1. The van der Waals surface area contributed by atoms with Gasteiger partial charge in [-0.2, -0.15) is 8.78 Å². The van der Waals surface area contributed by atoms with Crippen molar-refractivity contribution in [2.75, 3.05) is 11.9 Å². The number of nitro benzene ring substituents is 1. The third-order valence-electron chi connectivity index (χ3n) is 3.25. The second-order valence-electron chi connectivity index (χ2n) is 5.17. The fourth-order valence-corrected chi connectivity index (χ4v) is 2.61. The molecule has 10 heteroatoms. The molecule has 0 aromatic heterocycles. The van der Waals surface area contributed by atoms with Crippen LogP contribution >= 0.6 is 11.8 Å². The number of ether oxygens (including phenoxy) is 1. The van der Waals surface area contributed by atoms with Crippen LogP contribution in [0.1, 0.15) is 5.56 Å². The molecule has 1 amide bonds. The van der Waals surface area contributed by atoms with Gasteiger partial charge >= 0.3 is 5.97 Å². The predicted molar refractivity (Wildman–Crippen MR) is 94.7 cm³/mol. The van der Waals surface area contributed by atoms with E-state index in [1.807, 2.05) is 0 Å². The summed E-state index contributed by atoms with van der Waals surface area (Å²) >= 11 is 0.381. The highest BCUT2D eigenvalue weighted by Gasteiger charge is 2.17. The molecular weight excluding hydrogens is 382 g/mol. The normalized spacial score (nSPS) is 10.5. The Morgan fingerprint density at radius 3 is 2.44 bits per heavy atom. The van der Waals surface area contributed by atoms with Gasteiger partial charge in [0, 0.05) is 22.2 Å². The quantitative estimate of drug-likeness (QED) is 0.317. The molecule has 2 rings (SSSR count). The largest absolute Gasteiger partial charge is 0.455 e. The van der Waals surface area contributed by atoms with Crippen molar-refractivity contribution in [3.8, 4) is 0 Å². The molecule has 0 bridgehead atoms. The molecule has 0 saturated heterocycles. The number of thioether (sulfide) groups is 1. The first-order valence-electron chi connectivity index (χ1n) is 7.58. The Labute approximate surface area is 156 Å². The summed E-state index contributed by atoms with van der Waals surface area (Å²) in [6, 6.07) is 11.5. The Bertz CT molecular complexity index is 830. The molecule has 0 aliphatic heterocycles. The van der Waals surface area contributed by atoms with Crippen LogP contribution in [0.4, 0.5) is 20.2 Å². The maximum atomic E-state index is 12.2. The zero-order valence-electron chi connectivity index (χ0n) is 13.8.